The molecule has 0 spiro atoms. The highest BCUT2D eigenvalue weighted by Gasteiger charge is 2.27. The van der Waals surface area contributed by atoms with Crippen molar-refractivity contribution in [3.63, 3.8) is 0 Å². The van der Waals surface area contributed by atoms with Gasteiger partial charge in [-0.3, -0.25) is 4.79 Å². The van der Waals surface area contributed by atoms with Gasteiger partial charge in [-0.15, -0.1) is 22.7 Å². The predicted molar refractivity (Wildman–Crippen MR) is 120 cm³/mol. The number of fused-ring (bicyclic) bond motifs is 1. The maximum absolute atomic E-state index is 13.1. The van der Waals surface area contributed by atoms with Crippen LogP contribution in [0.15, 0.2) is 59.4 Å². The molecule has 1 amide bonds. The highest BCUT2D eigenvalue weighted by atomic mass is 32.1. The molecule has 3 heterocycles. The van der Waals surface area contributed by atoms with Gasteiger partial charge in [0.05, 0.1) is 26.4 Å². The SMILES string of the molecule is O=C(c1ccc(OCc2cscn2)cc1)N1CCCC(c2nc3ccccc3s2)C1. The van der Waals surface area contributed by atoms with Gasteiger partial charge in [-0.25, -0.2) is 9.97 Å². The second-order valence-electron chi connectivity index (χ2n) is 7.40. The summed E-state index contributed by atoms with van der Waals surface area (Å²) in [6.07, 6.45) is 2.08. The van der Waals surface area contributed by atoms with Crippen molar-refractivity contribution in [2.24, 2.45) is 0 Å². The molecule has 1 unspecified atom stereocenters. The molecular formula is C23H21N3O2S2. The zero-order valence-electron chi connectivity index (χ0n) is 16.4. The zero-order valence-corrected chi connectivity index (χ0v) is 18.0. The molecule has 5 rings (SSSR count). The van der Waals surface area contributed by atoms with Gasteiger partial charge in [0.2, 0.25) is 0 Å². The Hall–Kier alpha value is -2.77. The number of rotatable bonds is 5. The lowest BCUT2D eigenvalue weighted by Gasteiger charge is -2.32. The molecule has 0 bridgehead atoms. The monoisotopic (exact) mass is 435 g/mol. The molecule has 0 aliphatic carbocycles. The van der Waals surface area contributed by atoms with E-state index in [0.717, 1.165) is 47.9 Å². The third-order valence-corrected chi connectivity index (χ3v) is 7.17. The Labute approximate surface area is 183 Å². The van der Waals surface area contributed by atoms with E-state index in [1.807, 2.05) is 46.7 Å². The van der Waals surface area contributed by atoms with Crippen LogP contribution in [0.5, 0.6) is 5.75 Å². The summed E-state index contributed by atoms with van der Waals surface area (Å²) >= 11 is 3.30. The first kappa shape index (κ1) is 19.2. The Morgan fingerprint density at radius 3 is 2.83 bits per heavy atom. The molecule has 0 radical (unpaired) electrons. The largest absolute Gasteiger partial charge is 0.487 e. The van der Waals surface area contributed by atoms with Gasteiger partial charge < -0.3 is 9.64 Å². The molecule has 1 fully saturated rings. The molecule has 1 aliphatic rings. The minimum Gasteiger partial charge on any atom is -0.487 e. The number of benzene rings is 2. The summed E-state index contributed by atoms with van der Waals surface area (Å²) in [6.45, 7) is 1.95. The van der Waals surface area contributed by atoms with Gasteiger partial charge in [0.25, 0.3) is 5.91 Å². The Bertz CT molecular complexity index is 1110. The second kappa shape index (κ2) is 8.53. The van der Waals surface area contributed by atoms with Crippen molar-refractivity contribution in [2.45, 2.75) is 25.4 Å². The van der Waals surface area contributed by atoms with Crippen LogP contribution in [0.25, 0.3) is 10.2 Å². The lowest BCUT2D eigenvalue weighted by molar-refractivity contribution is 0.0707. The lowest BCUT2D eigenvalue weighted by atomic mass is 9.98. The summed E-state index contributed by atoms with van der Waals surface area (Å²) in [4.78, 5) is 24.1. The normalized spacial score (nSPS) is 16.7. The van der Waals surface area contributed by atoms with E-state index in [2.05, 4.69) is 17.1 Å². The number of ether oxygens (including phenoxy) is 1. The summed E-state index contributed by atoms with van der Waals surface area (Å²) < 4.78 is 6.96. The number of thiazole rings is 2. The molecule has 5 nitrogen and oxygen atoms in total. The molecule has 1 atom stereocenters. The van der Waals surface area contributed by atoms with Gasteiger partial charge in [-0.2, -0.15) is 0 Å². The van der Waals surface area contributed by atoms with Gasteiger partial charge in [0.1, 0.15) is 12.4 Å². The lowest BCUT2D eigenvalue weighted by Crippen LogP contribution is -2.39. The summed E-state index contributed by atoms with van der Waals surface area (Å²) in [5.74, 6) is 1.12. The van der Waals surface area contributed by atoms with Crippen LogP contribution in [0.1, 0.15) is 39.8 Å². The number of carbonyl (C=O) groups excluding carboxylic acids is 1. The first-order valence-corrected chi connectivity index (χ1v) is 11.8. The highest BCUT2D eigenvalue weighted by molar-refractivity contribution is 7.18. The number of hydrogen-bond acceptors (Lipinski definition) is 6. The maximum atomic E-state index is 13.1. The average Bonchev–Trinajstić information content (AvgIpc) is 3.47. The fourth-order valence-corrected chi connectivity index (χ4v) is 5.41. The van der Waals surface area contributed by atoms with Gasteiger partial charge in [-0.1, -0.05) is 12.1 Å². The Morgan fingerprint density at radius 1 is 1.17 bits per heavy atom. The fourth-order valence-electron chi connectivity index (χ4n) is 3.77. The number of piperidine rings is 1. The number of hydrogen-bond donors (Lipinski definition) is 0. The smallest absolute Gasteiger partial charge is 0.253 e. The average molecular weight is 436 g/mol. The summed E-state index contributed by atoms with van der Waals surface area (Å²) in [5.41, 5.74) is 4.45. The van der Waals surface area contributed by atoms with E-state index in [0.29, 0.717) is 18.1 Å². The Balaban J connectivity index is 1.25. The van der Waals surface area contributed by atoms with Crippen molar-refractivity contribution in [3.8, 4) is 5.75 Å². The molecule has 7 heteroatoms. The first-order chi connectivity index (χ1) is 14.8. The van der Waals surface area contributed by atoms with E-state index in [9.17, 15) is 4.79 Å². The third-order valence-electron chi connectivity index (χ3n) is 5.34. The second-order valence-corrected chi connectivity index (χ2v) is 9.18. The molecular weight excluding hydrogens is 414 g/mol. The minimum atomic E-state index is 0.0758. The van der Waals surface area contributed by atoms with Crippen LogP contribution in [-0.4, -0.2) is 33.9 Å². The molecule has 0 saturated carbocycles. The van der Waals surface area contributed by atoms with Crippen LogP contribution in [0, 0.1) is 0 Å². The highest BCUT2D eigenvalue weighted by Crippen LogP contribution is 2.33. The van der Waals surface area contributed by atoms with Crippen molar-refractivity contribution in [1.29, 1.82) is 0 Å². The number of carbonyl (C=O) groups is 1. The molecule has 0 N–H and O–H groups in total. The van der Waals surface area contributed by atoms with E-state index >= 15 is 0 Å². The molecule has 152 valence electrons. The molecule has 2 aromatic carbocycles. The van der Waals surface area contributed by atoms with Crippen LogP contribution in [0.4, 0.5) is 0 Å². The van der Waals surface area contributed by atoms with Crippen molar-refractivity contribution in [1.82, 2.24) is 14.9 Å². The topological polar surface area (TPSA) is 55.3 Å². The van der Waals surface area contributed by atoms with Crippen LogP contribution >= 0.6 is 22.7 Å². The van der Waals surface area contributed by atoms with E-state index in [1.54, 1.807) is 28.2 Å². The number of likely N-dealkylation sites (tertiary alicyclic amines) is 1. The van der Waals surface area contributed by atoms with Gasteiger partial charge >= 0.3 is 0 Å². The van der Waals surface area contributed by atoms with E-state index in [-0.39, 0.29) is 5.91 Å². The van der Waals surface area contributed by atoms with Crippen molar-refractivity contribution in [3.05, 3.63) is 75.7 Å². The summed E-state index contributed by atoms with van der Waals surface area (Å²) in [5, 5.41) is 3.11. The van der Waals surface area contributed by atoms with Crippen LogP contribution < -0.4 is 4.74 Å². The minimum absolute atomic E-state index is 0.0758. The quantitative estimate of drug-likeness (QED) is 0.424. The molecule has 4 aromatic rings. The summed E-state index contributed by atoms with van der Waals surface area (Å²) in [7, 11) is 0. The summed E-state index contributed by atoms with van der Waals surface area (Å²) in [6, 6.07) is 15.6. The molecule has 30 heavy (non-hydrogen) atoms. The van der Waals surface area contributed by atoms with Gasteiger partial charge in [0.15, 0.2) is 0 Å². The van der Waals surface area contributed by atoms with Gasteiger partial charge in [0, 0.05) is 30.0 Å². The maximum Gasteiger partial charge on any atom is 0.253 e. The van der Waals surface area contributed by atoms with Crippen molar-refractivity contribution < 1.29 is 9.53 Å². The van der Waals surface area contributed by atoms with Crippen LogP contribution in [0.3, 0.4) is 0 Å². The Morgan fingerprint density at radius 2 is 2.03 bits per heavy atom. The van der Waals surface area contributed by atoms with E-state index in [4.69, 9.17) is 9.72 Å². The zero-order chi connectivity index (χ0) is 20.3. The third kappa shape index (κ3) is 4.08. The molecule has 2 aromatic heterocycles. The standard InChI is InChI=1S/C23H21N3O2S2/c27-23(16-7-9-19(10-8-16)28-13-18-14-29-15-24-18)26-11-3-4-17(12-26)22-25-20-5-1-2-6-21(20)30-22/h1-2,5-10,14-15,17H,3-4,11-13H2. The fraction of sp³-hybridized carbons (Fsp3) is 0.261. The van der Waals surface area contributed by atoms with Crippen molar-refractivity contribution >= 4 is 38.8 Å². The van der Waals surface area contributed by atoms with Crippen molar-refractivity contribution in [2.75, 3.05) is 13.1 Å². The predicted octanol–water partition coefficient (Wildman–Crippen LogP) is 5.35. The van der Waals surface area contributed by atoms with E-state index in [1.165, 1.54) is 4.70 Å². The Kier molecular flexibility index (Phi) is 5.46. The van der Waals surface area contributed by atoms with Crippen LogP contribution in [0.2, 0.25) is 0 Å². The number of para-hydroxylation sites is 1. The first-order valence-electron chi connectivity index (χ1n) is 10.0. The van der Waals surface area contributed by atoms with Gasteiger partial charge in [-0.05, 0) is 49.2 Å². The van der Waals surface area contributed by atoms with E-state index < -0.39 is 0 Å². The van der Waals surface area contributed by atoms with Crippen LogP contribution in [-0.2, 0) is 6.61 Å². The number of nitrogens with zero attached hydrogens (tertiary/aromatic N) is 3. The molecule has 1 saturated heterocycles. The molecule has 1 aliphatic heterocycles. The number of amides is 1. The number of aromatic nitrogens is 2.